The van der Waals surface area contributed by atoms with Gasteiger partial charge in [-0.15, -0.1) is 11.3 Å². The van der Waals surface area contributed by atoms with Gasteiger partial charge in [0.1, 0.15) is 10.9 Å². The molecule has 86 valence electrons. The van der Waals surface area contributed by atoms with Crippen LogP contribution in [0.4, 0.5) is 0 Å². The predicted octanol–water partition coefficient (Wildman–Crippen LogP) is 2.45. The van der Waals surface area contributed by atoms with Crippen LogP contribution in [0.15, 0.2) is 12.1 Å². The Hall–Kier alpha value is -0.890. The smallest absolute Gasteiger partial charge is 0.110 e. The predicted molar refractivity (Wildman–Crippen MR) is 64.4 cm³/mol. The van der Waals surface area contributed by atoms with Crippen molar-refractivity contribution in [2.75, 3.05) is 6.61 Å². The first-order valence-electron chi connectivity index (χ1n) is 5.58. The molecule has 1 N–H and O–H groups in total. The molecule has 1 aliphatic rings. The lowest BCUT2D eigenvalue weighted by Crippen LogP contribution is -2.36. The largest absolute Gasteiger partial charge is 0.377 e. The Bertz CT molecular complexity index is 396. The number of ether oxygens (including phenoxy) is 1. The van der Waals surface area contributed by atoms with Gasteiger partial charge in [0.2, 0.25) is 0 Å². The van der Waals surface area contributed by atoms with Gasteiger partial charge >= 0.3 is 0 Å². The van der Waals surface area contributed by atoms with Crippen LogP contribution in [0, 0.1) is 11.3 Å². The van der Waals surface area contributed by atoms with Crippen molar-refractivity contribution in [3.05, 3.63) is 21.9 Å². The third-order valence-corrected chi connectivity index (χ3v) is 4.18. The molecule has 1 fully saturated rings. The fourth-order valence-corrected chi connectivity index (χ4v) is 2.82. The summed E-state index contributed by atoms with van der Waals surface area (Å²) in [6, 6.07) is 6.81. The van der Waals surface area contributed by atoms with E-state index in [-0.39, 0.29) is 6.10 Å². The number of nitriles is 1. The molecule has 3 unspecified atom stereocenters. The molecule has 1 aromatic heterocycles. The van der Waals surface area contributed by atoms with Crippen LogP contribution in [0.3, 0.4) is 0 Å². The minimum absolute atomic E-state index is 0.290. The fourth-order valence-electron chi connectivity index (χ4n) is 2.00. The van der Waals surface area contributed by atoms with Crippen LogP contribution in [0.2, 0.25) is 0 Å². The minimum Gasteiger partial charge on any atom is -0.377 e. The van der Waals surface area contributed by atoms with Crippen molar-refractivity contribution in [1.29, 1.82) is 5.26 Å². The Kier molecular flexibility index (Phi) is 3.59. The molecule has 3 atom stereocenters. The van der Waals surface area contributed by atoms with Crippen molar-refractivity contribution in [2.24, 2.45) is 0 Å². The van der Waals surface area contributed by atoms with Crippen LogP contribution in [0.25, 0.3) is 0 Å². The lowest BCUT2D eigenvalue weighted by atomic mass is 10.1. The Morgan fingerprint density at radius 1 is 1.62 bits per heavy atom. The summed E-state index contributed by atoms with van der Waals surface area (Å²) in [7, 11) is 0. The van der Waals surface area contributed by atoms with E-state index < -0.39 is 0 Å². The highest BCUT2D eigenvalue weighted by Gasteiger charge is 2.25. The van der Waals surface area contributed by atoms with Crippen molar-refractivity contribution in [1.82, 2.24) is 5.32 Å². The van der Waals surface area contributed by atoms with E-state index in [0.29, 0.717) is 12.1 Å². The number of nitrogens with zero attached hydrogens (tertiary/aromatic N) is 1. The molecule has 0 amide bonds. The standard InChI is InChI=1S/C12H16N2OS/c1-8(12-4-3-10(7-13)16-12)14-11-5-6-15-9(11)2/h3-4,8-9,11,14H,5-6H2,1-2H3. The van der Waals surface area contributed by atoms with Gasteiger partial charge in [0, 0.05) is 23.6 Å². The van der Waals surface area contributed by atoms with Crippen molar-refractivity contribution in [3.63, 3.8) is 0 Å². The Morgan fingerprint density at radius 3 is 3.00 bits per heavy atom. The Morgan fingerprint density at radius 2 is 2.44 bits per heavy atom. The number of hydrogen-bond acceptors (Lipinski definition) is 4. The molecular formula is C12H16N2OS. The zero-order valence-electron chi connectivity index (χ0n) is 9.56. The van der Waals surface area contributed by atoms with Crippen LogP contribution >= 0.6 is 11.3 Å². The minimum atomic E-state index is 0.290. The molecule has 1 saturated heterocycles. The second kappa shape index (κ2) is 4.96. The molecule has 1 aliphatic heterocycles. The summed E-state index contributed by atoms with van der Waals surface area (Å²) in [5.74, 6) is 0. The molecule has 0 aromatic carbocycles. The van der Waals surface area contributed by atoms with Crippen molar-refractivity contribution in [2.45, 2.75) is 38.5 Å². The number of rotatable bonds is 3. The van der Waals surface area contributed by atoms with E-state index >= 15 is 0 Å². The van der Waals surface area contributed by atoms with Crippen molar-refractivity contribution < 1.29 is 4.74 Å². The summed E-state index contributed by atoms with van der Waals surface area (Å²) >= 11 is 1.56. The molecule has 0 aliphatic carbocycles. The maximum atomic E-state index is 8.78. The van der Waals surface area contributed by atoms with Gasteiger partial charge in [0.25, 0.3) is 0 Å². The van der Waals surface area contributed by atoms with Crippen LogP contribution in [0.5, 0.6) is 0 Å². The van der Waals surface area contributed by atoms with Gasteiger partial charge in [-0.3, -0.25) is 0 Å². The van der Waals surface area contributed by atoms with Crippen molar-refractivity contribution in [3.8, 4) is 6.07 Å². The van der Waals surface area contributed by atoms with E-state index in [4.69, 9.17) is 10.00 Å². The first kappa shape index (κ1) is 11.6. The number of nitrogens with one attached hydrogen (secondary N) is 1. The average Bonchev–Trinajstić information content (AvgIpc) is 2.88. The number of hydrogen-bond donors (Lipinski definition) is 1. The maximum absolute atomic E-state index is 8.78. The molecule has 2 heterocycles. The van der Waals surface area contributed by atoms with Crippen molar-refractivity contribution >= 4 is 11.3 Å². The summed E-state index contributed by atoms with van der Waals surface area (Å²) in [6.45, 7) is 5.09. The topological polar surface area (TPSA) is 45.0 Å². The maximum Gasteiger partial charge on any atom is 0.110 e. The quantitative estimate of drug-likeness (QED) is 0.876. The van der Waals surface area contributed by atoms with Gasteiger partial charge in [-0.1, -0.05) is 0 Å². The van der Waals surface area contributed by atoms with Gasteiger partial charge in [-0.2, -0.15) is 5.26 Å². The third-order valence-electron chi connectivity index (χ3n) is 3.00. The zero-order chi connectivity index (χ0) is 11.5. The SMILES string of the molecule is CC(NC1CCOC1C)c1ccc(C#N)s1. The second-order valence-corrected chi connectivity index (χ2v) is 5.29. The van der Waals surface area contributed by atoms with Crippen LogP contribution in [0.1, 0.15) is 36.1 Å². The molecule has 4 heteroatoms. The van der Waals surface area contributed by atoms with E-state index in [1.165, 1.54) is 4.88 Å². The highest BCUT2D eigenvalue weighted by atomic mass is 32.1. The number of thiophene rings is 1. The molecule has 1 aromatic rings. The molecule has 3 nitrogen and oxygen atoms in total. The zero-order valence-corrected chi connectivity index (χ0v) is 10.4. The molecule has 2 rings (SSSR count). The molecule has 0 radical (unpaired) electrons. The summed E-state index contributed by atoms with van der Waals surface area (Å²) in [5, 5.41) is 12.3. The Labute approximate surface area is 100 Å². The second-order valence-electron chi connectivity index (χ2n) is 4.17. The van der Waals surface area contributed by atoms with E-state index in [1.54, 1.807) is 11.3 Å². The van der Waals surface area contributed by atoms with E-state index in [9.17, 15) is 0 Å². The van der Waals surface area contributed by atoms with E-state index in [1.807, 2.05) is 12.1 Å². The van der Waals surface area contributed by atoms with E-state index in [0.717, 1.165) is 17.9 Å². The highest BCUT2D eigenvalue weighted by molar-refractivity contribution is 7.12. The monoisotopic (exact) mass is 236 g/mol. The molecule has 0 bridgehead atoms. The fraction of sp³-hybridized carbons (Fsp3) is 0.583. The first-order chi connectivity index (χ1) is 7.70. The summed E-state index contributed by atoms with van der Waals surface area (Å²) in [5.41, 5.74) is 0. The summed E-state index contributed by atoms with van der Waals surface area (Å²) < 4.78 is 5.52. The third kappa shape index (κ3) is 2.43. The van der Waals surface area contributed by atoms with Crippen LogP contribution in [-0.4, -0.2) is 18.8 Å². The highest BCUT2D eigenvalue weighted by Crippen LogP contribution is 2.24. The first-order valence-corrected chi connectivity index (χ1v) is 6.40. The summed E-state index contributed by atoms with van der Waals surface area (Å²) in [4.78, 5) is 2.00. The molecular weight excluding hydrogens is 220 g/mol. The lowest BCUT2D eigenvalue weighted by molar-refractivity contribution is 0.111. The van der Waals surface area contributed by atoms with Gasteiger partial charge in [-0.25, -0.2) is 0 Å². The normalized spacial score (nSPS) is 26.6. The molecule has 0 saturated carbocycles. The molecule has 16 heavy (non-hydrogen) atoms. The average molecular weight is 236 g/mol. The van der Waals surface area contributed by atoms with Gasteiger partial charge in [-0.05, 0) is 32.4 Å². The molecule has 0 spiro atoms. The van der Waals surface area contributed by atoms with E-state index in [2.05, 4.69) is 25.2 Å². The van der Waals surface area contributed by atoms with Gasteiger partial charge in [0.05, 0.1) is 6.10 Å². The van der Waals surface area contributed by atoms with Crippen LogP contribution < -0.4 is 5.32 Å². The summed E-state index contributed by atoms with van der Waals surface area (Å²) in [6.07, 6.45) is 1.36. The van der Waals surface area contributed by atoms with Gasteiger partial charge < -0.3 is 10.1 Å². The van der Waals surface area contributed by atoms with Crippen LogP contribution in [-0.2, 0) is 4.74 Å². The Balaban J connectivity index is 1.97. The lowest BCUT2D eigenvalue weighted by Gasteiger charge is -2.20. The van der Waals surface area contributed by atoms with Gasteiger partial charge in [0.15, 0.2) is 0 Å².